The number of nitro benzene ring substituents is 1. The number of nitrogens with zero attached hydrogens (tertiary/aromatic N) is 2. The van der Waals surface area contributed by atoms with Crippen molar-refractivity contribution in [3.8, 4) is 0 Å². The van der Waals surface area contributed by atoms with Crippen LogP contribution in [-0.4, -0.2) is 34.6 Å². The fourth-order valence-corrected chi connectivity index (χ4v) is 1.81. The van der Waals surface area contributed by atoms with Crippen LogP contribution in [-0.2, 0) is 12.7 Å². The summed E-state index contributed by atoms with van der Waals surface area (Å²) in [6.45, 7) is 2.28. The Kier molecular flexibility index (Phi) is 5.46. The van der Waals surface area contributed by atoms with Crippen LogP contribution in [0.25, 0.3) is 0 Å². The summed E-state index contributed by atoms with van der Waals surface area (Å²) >= 11 is 0. The number of non-ortho nitro benzene ring substituents is 1. The summed E-state index contributed by atoms with van der Waals surface area (Å²) in [5, 5.41) is 19.4. The van der Waals surface area contributed by atoms with Crippen LogP contribution in [0.4, 0.5) is 18.9 Å². The van der Waals surface area contributed by atoms with E-state index in [2.05, 4.69) is 0 Å². The number of aliphatic hydroxyl groups excluding tert-OH is 1. The molecule has 0 aromatic heterocycles. The summed E-state index contributed by atoms with van der Waals surface area (Å²) in [4.78, 5) is 11.3. The molecule has 0 amide bonds. The van der Waals surface area contributed by atoms with Gasteiger partial charge in [-0.05, 0) is 12.1 Å². The standard InChI is InChI=1S/C12H15F3N2O3/c1-2-16(5-6-18)8-9-3-4-10(17(19)20)7-11(9)12(13,14)15/h3-4,7,18H,2,5-6,8H2,1H3. The van der Waals surface area contributed by atoms with Crippen molar-refractivity contribution >= 4 is 5.69 Å². The minimum atomic E-state index is -4.65. The predicted molar refractivity (Wildman–Crippen MR) is 66.1 cm³/mol. The van der Waals surface area contributed by atoms with E-state index >= 15 is 0 Å². The molecule has 1 N–H and O–H groups in total. The van der Waals surface area contributed by atoms with Crippen molar-refractivity contribution in [1.29, 1.82) is 0 Å². The van der Waals surface area contributed by atoms with Crippen molar-refractivity contribution in [2.24, 2.45) is 0 Å². The second-order valence-electron chi connectivity index (χ2n) is 4.19. The van der Waals surface area contributed by atoms with E-state index in [9.17, 15) is 23.3 Å². The first-order valence-corrected chi connectivity index (χ1v) is 5.97. The normalized spacial score (nSPS) is 11.9. The molecule has 0 saturated heterocycles. The monoisotopic (exact) mass is 292 g/mol. The minimum Gasteiger partial charge on any atom is -0.395 e. The van der Waals surface area contributed by atoms with Crippen LogP contribution < -0.4 is 0 Å². The van der Waals surface area contributed by atoms with Crippen molar-refractivity contribution < 1.29 is 23.2 Å². The molecule has 0 heterocycles. The van der Waals surface area contributed by atoms with Crippen molar-refractivity contribution in [1.82, 2.24) is 4.90 Å². The maximum absolute atomic E-state index is 12.9. The maximum atomic E-state index is 12.9. The zero-order valence-corrected chi connectivity index (χ0v) is 10.9. The van der Waals surface area contributed by atoms with Crippen LogP contribution in [0.3, 0.4) is 0 Å². The topological polar surface area (TPSA) is 66.6 Å². The fourth-order valence-electron chi connectivity index (χ4n) is 1.81. The highest BCUT2D eigenvalue weighted by Gasteiger charge is 2.35. The van der Waals surface area contributed by atoms with E-state index in [1.807, 2.05) is 0 Å². The Balaban J connectivity index is 3.15. The maximum Gasteiger partial charge on any atom is 0.416 e. The third-order valence-corrected chi connectivity index (χ3v) is 2.87. The third-order valence-electron chi connectivity index (χ3n) is 2.87. The lowest BCUT2D eigenvalue weighted by molar-refractivity contribution is -0.385. The smallest absolute Gasteiger partial charge is 0.395 e. The van der Waals surface area contributed by atoms with Crippen LogP contribution in [0.5, 0.6) is 0 Å². The van der Waals surface area contributed by atoms with Gasteiger partial charge in [0, 0.05) is 25.2 Å². The Bertz CT molecular complexity index is 478. The van der Waals surface area contributed by atoms with Gasteiger partial charge in [0.25, 0.3) is 5.69 Å². The molecular formula is C12H15F3N2O3. The van der Waals surface area contributed by atoms with Crippen molar-refractivity contribution in [2.75, 3.05) is 19.7 Å². The zero-order chi connectivity index (χ0) is 15.3. The van der Waals surface area contributed by atoms with Gasteiger partial charge in [0.15, 0.2) is 0 Å². The first-order valence-electron chi connectivity index (χ1n) is 5.97. The van der Waals surface area contributed by atoms with Gasteiger partial charge in [0.05, 0.1) is 17.1 Å². The number of hydrogen-bond acceptors (Lipinski definition) is 4. The van der Waals surface area contributed by atoms with E-state index in [4.69, 9.17) is 5.11 Å². The van der Waals surface area contributed by atoms with Crippen molar-refractivity contribution in [2.45, 2.75) is 19.6 Å². The van der Waals surface area contributed by atoms with Gasteiger partial charge < -0.3 is 5.11 Å². The largest absolute Gasteiger partial charge is 0.416 e. The van der Waals surface area contributed by atoms with Gasteiger partial charge in [-0.15, -0.1) is 0 Å². The fraction of sp³-hybridized carbons (Fsp3) is 0.500. The van der Waals surface area contributed by atoms with Crippen LogP contribution >= 0.6 is 0 Å². The van der Waals surface area contributed by atoms with Crippen LogP contribution in [0, 0.1) is 10.1 Å². The van der Waals surface area contributed by atoms with E-state index in [1.54, 1.807) is 11.8 Å². The molecule has 5 nitrogen and oxygen atoms in total. The van der Waals surface area contributed by atoms with Crippen molar-refractivity contribution in [3.63, 3.8) is 0 Å². The van der Waals surface area contributed by atoms with Crippen LogP contribution in [0.2, 0.25) is 0 Å². The molecular weight excluding hydrogens is 277 g/mol. The first kappa shape index (κ1) is 16.4. The quantitative estimate of drug-likeness (QED) is 0.646. The van der Waals surface area contributed by atoms with E-state index in [0.717, 1.165) is 12.1 Å². The molecule has 0 radical (unpaired) electrons. The summed E-state index contributed by atoms with van der Waals surface area (Å²) in [6, 6.07) is 2.71. The highest BCUT2D eigenvalue weighted by Crippen LogP contribution is 2.34. The number of hydrogen-bond donors (Lipinski definition) is 1. The molecule has 1 rings (SSSR count). The third kappa shape index (κ3) is 4.17. The molecule has 0 aliphatic heterocycles. The van der Waals surface area contributed by atoms with E-state index in [0.29, 0.717) is 12.6 Å². The molecule has 0 saturated carbocycles. The van der Waals surface area contributed by atoms with E-state index < -0.39 is 22.4 Å². The molecule has 0 aliphatic rings. The number of rotatable bonds is 6. The second kappa shape index (κ2) is 6.67. The summed E-state index contributed by atoms with van der Waals surface area (Å²) < 4.78 is 38.8. The lowest BCUT2D eigenvalue weighted by atomic mass is 10.1. The lowest BCUT2D eigenvalue weighted by Gasteiger charge is -2.21. The summed E-state index contributed by atoms with van der Waals surface area (Å²) in [6.07, 6.45) is -4.65. The molecule has 0 bridgehead atoms. The summed E-state index contributed by atoms with van der Waals surface area (Å²) in [5.74, 6) is 0. The number of nitro groups is 1. The van der Waals surface area contributed by atoms with Gasteiger partial charge in [-0.25, -0.2) is 0 Å². The van der Waals surface area contributed by atoms with Gasteiger partial charge >= 0.3 is 6.18 Å². The molecule has 0 atom stereocenters. The summed E-state index contributed by atoms with van der Waals surface area (Å²) in [5.41, 5.74) is -1.65. The van der Waals surface area contributed by atoms with Gasteiger partial charge in [0.1, 0.15) is 0 Å². The average molecular weight is 292 g/mol. The Labute approximate surface area is 113 Å². The number of alkyl halides is 3. The van der Waals surface area contributed by atoms with E-state index in [1.165, 1.54) is 0 Å². The van der Waals surface area contributed by atoms with E-state index in [-0.39, 0.29) is 25.3 Å². The van der Waals surface area contributed by atoms with Gasteiger partial charge in [-0.2, -0.15) is 13.2 Å². The molecule has 1 aromatic rings. The number of benzene rings is 1. The molecule has 0 aliphatic carbocycles. The lowest BCUT2D eigenvalue weighted by Crippen LogP contribution is -2.27. The number of aliphatic hydroxyl groups is 1. The minimum absolute atomic E-state index is 0.0239. The average Bonchev–Trinajstić information content (AvgIpc) is 2.37. The van der Waals surface area contributed by atoms with Gasteiger partial charge in [-0.1, -0.05) is 13.0 Å². The van der Waals surface area contributed by atoms with Gasteiger partial charge in [-0.3, -0.25) is 15.0 Å². The molecule has 20 heavy (non-hydrogen) atoms. The first-order chi connectivity index (χ1) is 9.29. The molecule has 0 spiro atoms. The van der Waals surface area contributed by atoms with Crippen LogP contribution in [0.1, 0.15) is 18.1 Å². The molecule has 112 valence electrons. The molecule has 1 aromatic carbocycles. The van der Waals surface area contributed by atoms with Crippen LogP contribution in [0.15, 0.2) is 18.2 Å². The summed E-state index contributed by atoms with van der Waals surface area (Å²) in [7, 11) is 0. The Morgan fingerprint density at radius 1 is 1.40 bits per heavy atom. The highest BCUT2D eigenvalue weighted by atomic mass is 19.4. The number of likely N-dealkylation sites (N-methyl/N-ethyl adjacent to an activating group) is 1. The zero-order valence-electron chi connectivity index (χ0n) is 10.9. The molecule has 0 unspecified atom stereocenters. The second-order valence-corrected chi connectivity index (χ2v) is 4.19. The number of halogens is 3. The molecule has 0 fully saturated rings. The SMILES string of the molecule is CCN(CCO)Cc1ccc([N+](=O)[O-])cc1C(F)(F)F. The Morgan fingerprint density at radius 3 is 2.50 bits per heavy atom. The Hall–Kier alpha value is -1.67. The van der Waals surface area contributed by atoms with Gasteiger partial charge in [0.2, 0.25) is 0 Å². The molecule has 8 heteroatoms. The Morgan fingerprint density at radius 2 is 2.05 bits per heavy atom. The predicted octanol–water partition coefficient (Wildman–Crippen LogP) is 2.43. The highest BCUT2D eigenvalue weighted by molar-refractivity contribution is 5.41. The van der Waals surface area contributed by atoms with Crippen molar-refractivity contribution in [3.05, 3.63) is 39.4 Å².